The van der Waals surface area contributed by atoms with Crippen LogP contribution >= 0.6 is 0 Å². The molecule has 1 aliphatic heterocycles. The number of likely N-dealkylation sites (tertiary alicyclic amines) is 1. The van der Waals surface area contributed by atoms with Gasteiger partial charge in [0.25, 0.3) is 0 Å². The van der Waals surface area contributed by atoms with Gasteiger partial charge in [-0.2, -0.15) is 5.10 Å². The molecule has 0 radical (unpaired) electrons. The lowest BCUT2D eigenvalue weighted by molar-refractivity contribution is -0.152. The van der Waals surface area contributed by atoms with Gasteiger partial charge >= 0.3 is 0 Å². The van der Waals surface area contributed by atoms with E-state index in [9.17, 15) is 5.11 Å². The number of aliphatic hydroxyl groups is 1. The Labute approximate surface area is 190 Å². The lowest BCUT2D eigenvalue weighted by Gasteiger charge is -2.63. The Kier molecular flexibility index (Phi) is 4.73. The lowest BCUT2D eigenvalue weighted by atomic mass is 9.49. The van der Waals surface area contributed by atoms with Gasteiger partial charge < -0.3 is 14.6 Å². The van der Waals surface area contributed by atoms with Crippen LogP contribution in [-0.4, -0.2) is 65.3 Å². The van der Waals surface area contributed by atoms with Crippen LogP contribution in [0.1, 0.15) is 47.3 Å². The normalized spacial score (nSPS) is 31.1. The average molecular weight is 438 g/mol. The van der Waals surface area contributed by atoms with E-state index in [0.29, 0.717) is 13.0 Å². The smallest absolute Gasteiger partial charge is 0.119 e. The van der Waals surface area contributed by atoms with Crippen LogP contribution in [0.2, 0.25) is 0 Å². The van der Waals surface area contributed by atoms with E-state index in [4.69, 9.17) is 14.6 Å². The SMILES string of the molecule is COCCn1nc(C)c2c1C[C@]13CCN(CC4CC4)[C@H](Cc4ccc(OC)cc41)[C@]3(O)C2. The molecule has 1 aromatic heterocycles. The van der Waals surface area contributed by atoms with Crippen LogP contribution in [0.25, 0.3) is 0 Å². The van der Waals surface area contributed by atoms with Crippen LogP contribution in [0, 0.1) is 12.8 Å². The van der Waals surface area contributed by atoms with Gasteiger partial charge in [-0.3, -0.25) is 9.58 Å². The van der Waals surface area contributed by atoms with Gasteiger partial charge in [-0.05, 0) is 73.9 Å². The van der Waals surface area contributed by atoms with E-state index in [1.165, 1.54) is 35.2 Å². The lowest BCUT2D eigenvalue weighted by Crippen LogP contribution is -2.74. The van der Waals surface area contributed by atoms with E-state index in [1.54, 1.807) is 14.2 Å². The van der Waals surface area contributed by atoms with E-state index in [2.05, 4.69) is 34.7 Å². The standard InChI is InChI=1S/C26H35N3O3/c1-17-21-14-26(30)24-12-19-6-7-20(32-3)13-22(19)25(26,8-9-28(24)16-18-4-5-18)15-23(21)29(27-17)10-11-31-2/h6-7,13,18,24,30H,4-5,8-12,14-16H2,1-3H3/t24-,25-,26-/m1/s1. The number of aromatic nitrogens is 2. The number of rotatable bonds is 6. The summed E-state index contributed by atoms with van der Waals surface area (Å²) >= 11 is 0. The summed E-state index contributed by atoms with van der Waals surface area (Å²) in [6.07, 6.45) is 6.09. The third-order valence-electron chi connectivity index (χ3n) is 8.87. The summed E-state index contributed by atoms with van der Waals surface area (Å²) in [6.45, 7) is 5.69. The molecule has 2 fully saturated rings. The summed E-state index contributed by atoms with van der Waals surface area (Å²) in [5.74, 6) is 1.70. The van der Waals surface area contributed by atoms with Crippen LogP contribution in [0.15, 0.2) is 18.2 Å². The molecule has 3 atom stereocenters. The molecular formula is C26H35N3O3. The second-order valence-corrected chi connectivity index (χ2v) is 10.5. The Balaban J connectivity index is 1.51. The van der Waals surface area contributed by atoms with Crippen molar-refractivity contribution in [2.45, 2.75) is 69.1 Å². The van der Waals surface area contributed by atoms with E-state index in [0.717, 1.165) is 56.3 Å². The predicted octanol–water partition coefficient (Wildman–Crippen LogP) is 2.65. The zero-order valence-corrected chi connectivity index (χ0v) is 19.6. The largest absolute Gasteiger partial charge is 0.497 e. The summed E-state index contributed by atoms with van der Waals surface area (Å²) in [6, 6.07) is 6.70. The zero-order chi connectivity index (χ0) is 22.1. The Bertz CT molecular complexity index is 1050. The van der Waals surface area contributed by atoms with Gasteiger partial charge in [0.05, 0.1) is 31.6 Å². The number of benzene rings is 1. The molecule has 4 aliphatic rings. The quantitative estimate of drug-likeness (QED) is 0.753. The molecule has 0 spiro atoms. The van der Waals surface area contributed by atoms with Gasteiger partial charge in [0.1, 0.15) is 5.75 Å². The second kappa shape index (κ2) is 7.31. The fraction of sp³-hybridized carbons (Fsp3) is 0.654. The fourth-order valence-electron chi connectivity index (χ4n) is 6.99. The van der Waals surface area contributed by atoms with E-state index >= 15 is 0 Å². The monoisotopic (exact) mass is 437 g/mol. The number of piperidine rings is 1. The molecule has 6 rings (SSSR count). The van der Waals surface area contributed by atoms with Gasteiger partial charge in [-0.15, -0.1) is 0 Å². The summed E-state index contributed by atoms with van der Waals surface area (Å²) < 4.78 is 13.1. The minimum atomic E-state index is -0.785. The molecule has 1 saturated carbocycles. The Hall–Kier alpha value is -1.89. The van der Waals surface area contributed by atoms with Crippen molar-refractivity contribution in [3.05, 3.63) is 46.3 Å². The maximum atomic E-state index is 12.7. The van der Waals surface area contributed by atoms with E-state index in [1.807, 2.05) is 0 Å². The molecule has 6 nitrogen and oxygen atoms in total. The number of ether oxygens (including phenoxy) is 2. The van der Waals surface area contributed by atoms with Crippen LogP contribution < -0.4 is 4.74 Å². The van der Waals surface area contributed by atoms with Crippen molar-refractivity contribution >= 4 is 0 Å². The predicted molar refractivity (Wildman–Crippen MR) is 122 cm³/mol. The van der Waals surface area contributed by atoms with Crippen molar-refractivity contribution in [2.24, 2.45) is 5.92 Å². The highest BCUT2D eigenvalue weighted by atomic mass is 16.5. The average Bonchev–Trinajstić information content (AvgIpc) is 3.56. The summed E-state index contributed by atoms with van der Waals surface area (Å²) in [4.78, 5) is 2.62. The van der Waals surface area contributed by atoms with E-state index < -0.39 is 5.60 Å². The minimum absolute atomic E-state index is 0.160. The minimum Gasteiger partial charge on any atom is -0.497 e. The first kappa shape index (κ1) is 20.7. The maximum Gasteiger partial charge on any atom is 0.119 e. The molecule has 0 amide bonds. The highest BCUT2D eigenvalue weighted by Crippen LogP contribution is 2.58. The van der Waals surface area contributed by atoms with Crippen LogP contribution in [-0.2, 0) is 36.0 Å². The Morgan fingerprint density at radius 2 is 2.06 bits per heavy atom. The van der Waals surface area contributed by atoms with Gasteiger partial charge in [-0.25, -0.2) is 0 Å². The molecule has 3 aliphatic carbocycles. The molecule has 1 aromatic carbocycles. The molecular weight excluding hydrogens is 402 g/mol. The first-order valence-electron chi connectivity index (χ1n) is 12.2. The number of nitrogens with zero attached hydrogens (tertiary/aromatic N) is 3. The first-order valence-corrected chi connectivity index (χ1v) is 12.2. The molecule has 2 aromatic rings. The van der Waals surface area contributed by atoms with Gasteiger partial charge in [0.15, 0.2) is 0 Å². The van der Waals surface area contributed by atoms with Crippen LogP contribution in [0.5, 0.6) is 5.75 Å². The van der Waals surface area contributed by atoms with Crippen LogP contribution in [0.4, 0.5) is 0 Å². The maximum absolute atomic E-state index is 12.7. The van der Waals surface area contributed by atoms with Gasteiger partial charge in [-0.1, -0.05) is 6.07 Å². The molecule has 1 N–H and O–H groups in total. The molecule has 2 bridgehead atoms. The Morgan fingerprint density at radius 3 is 2.81 bits per heavy atom. The summed E-state index contributed by atoms with van der Waals surface area (Å²) in [7, 11) is 3.47. The van der Waals surface area contributed by atoms with Crippen molar-refractivity contribution in [2.75, 3.05) is 33.9 Å². The van der Waals surface area contributed by atoms with Gasteiger partial charge in [0.2, 0.25) is 0 Å². The van der Waals surface area contributed by atoms with E-state index in [-0.39, 0.29) is 11.5 Å². The number of methoxy groups -OCH3 is 2. The number of fused-ring (bicyclic) bond motifs is 2. The zero-order valence-electron chi connectivity index (χ0n) is 19.6. The van der Waals surface area contributed by atoms with Crippen molar-refractivity contribution < 1.29 is 14.6 Å². The molecule has 0 unspecified atom stereocenters. The number of hydrogen-bond acceptors (Lipinski definition) is 5. The summed E-state index contributed by atoms with van der Waals surface area (Å²) in [5.41, 5.74) is 5.19. The molecule has 1 saturated heterocycles. The molecule has 2 heterocycles. The third kappa shape index (κ3) is 2.85. The summed E-state index contributed by atoms with van der Waals surface area (Å²) in [5, 5.41) is 17.6. The first-order chi connectivity index (χ1) is 15.5. The second-order valence-electron chi connectivity index (χ2n) is 10.5. The van der Waals surface area contributed by atoms with Crippen molar-refractivity contribution in [1.29, 1.82) is 0 Å². The number of aryl methyl sites for hydroxylation is 1. The van der Waals surface area contributed by atoms with Crippen molar-refractivity contribution in [3.8, 4) is 5.75 Å². The highest BCUT2D eigenvalue weighted by molar-refractivity contribution is 5.52. The Morgan fingerprint density at radius 1 is 1.22 bits per heavy atom. The van der Waals surface area contributed by atoms with Crippen molar-refractivity contribution in [3.63, 3.8) is 0 Å². The van der Waals surface area contributed by atoms with Crippen molar-refractivity contribution in [1.82, 2.24) is 14.7 Å². The fourth-order valence-corrected chi connectivity index (χ4v) is 6.99. The molecule has 32 heavy (non-hydrogen) atoms. The molecule has 172 valence electrons. The van der Waals surface area contributed by atoms with Crippen LogP contribution in [0.3, 0.4) is 0 Å². The highest BCUT2D eigenvalue weighted by Gasteiger charge is 2.65. The third-order valence-corrected chi connectivity index (χ3v) is 8.87. The number of hydrogen-bond donors (Lipinski definition) is 1. The van der Waals surface area contributed by atoms with Gasteiger partial charge in [0, 0.05) is 43.6 Å². The topological polar surface area (TPSA) is 59.8 Å². The molecule has 6 heteroatoms.